The second-order valence-electron chi connectivity index (χ2n) is 7.69. The molecule has 0 spiro atoms. The Bertz CT molecular complexity index is 938. The number of benzene rings is 2. The summed E-state index contributed by atoms with van der Waals surface area (Å²) in [4.78, 5) is 12.5. The maximum absolute atomic E-state index is 12.5. The molecule has 0 aliphatic heterocycles. The summed E-state index contributed by atoms with van der Waals surface area (Å²) in [7, 11) is 0. The van der Waals surface area contributed by atoms with Crippen molar-refractivity contribution in [1.29, 1.82) is 0 Å². The highest BCUT2D eigenvalue weighted by Gasteiger charge is 2.30. The Morgan fingerprint density at radius 3 is 2.57 bits per heavy atom. The monoisotopic (exact) mass is 381 g/mol. The fourth-order valence-electron chi connectivity index (χ4n) is 2.99. The molecule has 2 aromatic carbocycles. The van der Waals surface area contributed by atoms with Gasteiger partial charge in [0, 0.05) is 12.9 Å². The number of fused-ring (bicyclic) bond motifs is 1. The van der Waals surface area contributed by atoms with E-state index >= 15 is 0 Å². The number of hydrogen-bond donors (Lipinski definition) is 1. The molecule has 1 heterocycles. The predicted octanol–water partition coefficient (Wildman–Crippen LogP) is 4.54. The van der Waals surface area contributed by atoms with Gasteiger partial charge in [0.15, 0.2) is 0 Å². The van der Waals surface area contributed by atoms with Crippen LogP contribution in [0.5, 0.6) is 0 Å². The maximum Gasteiger partial charge on any atom is 0.251 e. The Labute approximate surface area is 168 Å². The van der Waals surface area contributed by atoms with Crippen LogP contribution in [0.25, 0.3) is 10.9 Å². The molecule has 150 valence electrons. The van der Waals surface area contributed by atoms with Gasteiger partial charge in [-0.1, -0.05) is 55.5 Å². The number of ether oxygens (including phenoxy) is 1. The summed E-state index contributed by atoms with van der Waals surface area (Å²) in [6.45, 7) is 8.61. The van der Waals surface area contributed by atoms with Crippen molar-refractivity contribution in [3.63, 3.8) is 0 Å². The van der Waals surface area contributed by atoms with Gasteiger partial charge in [-0.25, -0.2) is 0 Å². The lowest BCUT2D eigenvalue weighted by Crippen LogP contribution is -2.47. The molecule has 3 aromatic rings. The minimum atomic E-state index is -0.923. The maximum atomic E-state index is 12.5. The van der Waals surface area contributed by atoms with E-state index in [9.17, 15) is 4.79 Å². The van der Waals surface area contributed by atoms with Gasteiger partial charge in [0.25, 0.3) is 5.91 Å². The molecule has 1 N–H and O–H groups in total. The number of aromatic nitrogens is 2. The first-order valence-corrected chi connectivity index (χ1v) is 9.84. The number of nitrogens with zero attached hydrogens (tertiary/aromatic N) is 2. The predicted molar refractivity (Wildman–Crippen MR) is 114 cm³/mol. The van der Waals surface area contributed by atoms with E-state index in [0.29, 0.717) is 6.54 Å². The van der Waals surface area contributed by atoms with Crippen molar-refractivity contribution in [2.24, 2.45) is 0 Å². The van der Waals surface area contributed by atoms with E-state index in [1.54, 1.807) is 13.8 Å². The third-order valence-corrected chi connectivity index (χ3v) is 5.02. The van der Waals surface area contributed by atoms with Crippen LogP contribution in [0.2, 0.25) is 0 Å². The average Bonchev–Trinajstić information content (AvgIpc) is 3.05. The molecule has 0 aliphatic rings. The summed E-state index contributed by atoms with van der Waals surface area (Å²) in [6.07, 6.45) is 0.885. The van der Waals surface area contributed by atoms with Crippen LogP contribution in [0.1, 0.15) is 46.8 Å². The Morgan fingerprint density at radius 2 is 1.86 bits per heavy atom. The topological polar surface area (TPSA) is 56.1 Å². The highest BCUT2D eigenvalue weighted by atomic mass is 16.5. The van der Waals surface area contributed by atoms with Crippen LogP contribution in [-0.2, 0) is 22.7 Å². The SMILES string of the molecule is CCC(C)NC(=O)C(C)(C)OCc1nn(Cc2ccccc2)c2ccccc12.[HH]. The number of hydrogen-bond acceptors (Lipinski definition) is 3. The molecule has 0 fully saturated rings. The zero-order chi connectivity index (χ0) is 20.1. The number of amides is 1. The van der Waals surface area contributed by atoms with Crippen molar-refractivity contribution < 1.29 is 11.0 Å². The first-order valence-electron chi connectivity index (χ1n) is 9.84. The number of para-hydroxylation sites is 1. The minimum Gasteiger partial charge on any atom is -0.359 e. The van der Waals surface area contributed by atoms with Gasteiger partial charge in [0.2, 0.25) is 0 Å². The molecule has 28 heavy (non-hydrogen) atoms. The highest BCUT2D eigenvalue weighted by Crippen LogP contribution is 2.22. The molecule has 1 amide bonds. The van der Waals surface area contributed by atoms with Gasteiger partial charge in [-0.3, -0.25) is 9.48 Å². The van der Waals surface area contributed by atoms with Gasteiger partial charge in [-0.2, -0.15) is 5.10 Å². The highest BCUT2D eigenvalue weighted by molar-refractivity contribution is 5.85. The zero-order valence-electron chi connectivity index (χ0n) is 17.1. The normalized spacial score (nSPS) is 12.9. The Morgan fingerprint density at radius 1 is 1.18 bits per heavy atom. The molecular weight excluding hydrogens is 350 g/mol. The lowest BCUT2D eigenvalue weighted by Gasteiger charge is -2.25. The fourth-order valence-corrected chi connectivity index (χ4v) is 2.99. The Hall–Kier alpha value is -2.66. The van der Waals surface area contributed by atoms with Gasteiger partial charge >= 0.3 is 0 Å². The Kier molecular flexibility index (Phi) is 6.15. The Balaban J connectivity index is 0.00000300. The molecule has 1 atom stereocenters. The second kappa shape index (κ2) is 8.57. The van der Waals surface area contributed by atoms with Crippen molar-refractivity contribution in [1.82, 2.24) is 15.1 Å². The van der Waals surface area contributed by atoms with Crippen molar-refractivity contribution in [3.05, 3.63) is 65.9 Å². The van der Waals surface area contributed by atoms with Crippen LogP contribution in [-0.4, -0.2) is 27.3 Å². The third-order valence-electron chi connectivity index (χ3n) is 5.02. The summed E-state index contributed by atoms with van der Waals surface area (Å²) < 4.78 is 8.00. The molecule has 1 aromatic heterocycles. The smallest absolute Gasteiger partial charge is 0.251 e. The summed E-state index contributed by atoms with van der Waals surface area (Å²) in [5.41, 5.74) is 2.17. The average molecular weight is 382 g/mol. The van der Waals surface area contributed by atoms with Crippen LogP contribution < -0.4 is 5.32 Å². The second-order valence-corrected chi connectivity index (χ2v) is 7.69. The summed E-state index contributed by atoms with van der Waals surface area (Å²) >= 11 is 0. The van der Waals surface area contributed by atoms with Gasteiger partial charge in [0.05, 0.1) is 24.4 Å². The van der Waals surface area contributed by atoms with E-state index in [0.717, 1.165) is 23.0 Å². The van der Waals surface area contributed by atoms with Gasteiger partial charge in [-0.15, -0.1) is 0 Å². The zero-order valence-corrected chi connectivity index (χ0v) is 17.1. The number of nitrogens with one attached hydrogen (secondary N) is 1. The standard InChI is InChI=1S/C23H29N3O2.H2/c1-5-17(2)24-22(27)23(3,4)28-16-20-19-13-9-10-14-21(19)26(25-20)15-18-11-7-6-8-12-18;/h6-14,17H,5,15-16H2,1-4H3,(H,24,27);1H. The molecule has 0 radical (unpaired) electrons. The van der Waals surface area contributed by atoms with Crippen LogP contribution in [0.15, 0.2) is 54.6 Å². The van der Waals surface area contributed by atoms with Gasteiger partial charge in [0.1, 0.15) is 5.60 Å². The van der Waals surface area contributed by atoms with E-state index in [4.69, 9.17) is 9.84 Å². The molecule has 0 aliphatic carbocycles. The molecule has 5 nitrogen and oxygen atoms in total. The molecule has 1 unspecified atom stereocenters. The lowest BCUT2D eigenvalue weighted by atomic mass is 10.1. The van der Waals surface area contributed by atoms with Crippen molar-refractivity contribution in [2.45, 2.75) is 58.9 Å². The van der Waals surface area contributed by atoms with Gasteiger partial charge in [-0.05, 0) is 38.8 Å². The first-order chi connectivity index (χ1) is 13.4. The van der Waals surface area contributed by atoms with Crippen molar-refractivity contribution in [3.8, 4) is 0 Å². The van der Waals surface area contributed by atoms with Crippen LogP contribution in [0, 0.1) is 0 Å². The van der Waals surface area contributed by atoms with Crippen molar-refractivity contribution >= 4 is 16.8 Å². The van der Waals surface area contributed by atoms with Crippen molar-refractivity contribution in [2.75, 3.05) is 0 Å². The minimum absolute atomic E-state index is 0. The quantitative estimate of drug-likeness (QED) is 0.623. The number of rotatable bonds is 8. The molecule has 0 saturated carbocycles. The summed E-state index contributed by atoms with van der Waals surface area (Å²) in [6, 6.07) is 18.5. The summed E-state index contributed by atoms with van der Waals surface area (Å²) in [5, 5.41) is 8.83. The van der Waals surface area contributed by atoms with Crippen LogP contribution >= 0.6 is 0 Å². The van der Waals surface area contributed by atoms with E-state index in [2.05, 4.69) is 29.6 Å². The number of carbonyl (C=O) groups excluding carboxylic acids is 1. The number of carbonyl (C=O) groups is 1. The summed E-state index contributed by atoms with van der Waals surface area (Å²) in [5.74, 6) is -0.102. The molecule has 0 bridgehead atoms. The van der Waals surface area contributed by atoms with Gasteiger partial charge < -0.3 is 10.1 Å². The lowest BCUT2D eigenvalue weighted by molar-refractivity contribution is -0.145. The van der Waals surface area contributed by atoms with Crippen LogP contribution in [0.3, 0.4) is 0 Å². The van der Waals surface area contributed by atoms with E-state index < -0.39 is 5.60 Å². The third kappa shape index (κ3) is 4.60. The molecular formula is C23H31N3O2. The van der Waals surface area contributed by atoms with E-state index in [1.165, 1.54) is 5.56 Å². The van der Waals surface area contributed by atoms with E-state index in [-0.39, 0.29) is 20.0 Å². The molecule has 5 heteroatoms. The fraction of sp³-hybridized carbons (Fsp3) is 0.391. The van der Waals surface area contributed by atoms with Crippen LogP contribution in [0.4, 0.5) is 0 Å². The first kappa shape index (κ1) is 20.1. The largest absolute Gasteiger partial charge is 0.359 e. The molecule has 3 rings (SSSR count). The van der Waals surface area contributed by atoms with E-state index in [1.807, 2.05) is 48.9 Å². The molecule has 0 saturated heterocycles.